The molecule has 0 radical (unpaired) electrons. The Morgan fingerprint density at radius 1 is 1.31 bits per heavy atom. The molecule has 0 aromatic heterocycles. The highest BCUT2D eigenvalue weighted by atomic mass is 16.6. The molecule has 2 atom stereocenters. The molecule has 13 heavy (non-hydrogen) atoms. The van der Waals surface area contributed by atoms with Crippen LogP contribution in [-0.4, -0.2) is 17.0 Å². The van der Waals surface area contributed by atoms with Crippen molar-refractivity contribution < 1.29 is 9.84 Å². The van der Waals surface area contributed by atoms with Gasteiger partial charge < -0.3 is 9.84 Å². The summed E-state index contributed by atoms with van der Waals surface area (Å²) >= 11 is 0. The van der Waals surface area contributed by atoms with E-state index in [2.05, 4.69) is 12.2 Å². The molecule has 2 aliphatic rings. The van der Waals surface area contributed by atoms with E-state index >= 15 is 0 Å². The van der Waals surface area contributed by atoms with Crippen LogP contribution in [0.4, 0.5) is 0 Å². The van der Waals surface area contributed by atoms with E-state index in [-0.39, 0.29) is 6.10 Å². The van der Waals surface area contributed by atoms with Gasteiger partial charge in [0, 0.05) is 6.42 Å². The summed E-state index contributed by atoms with van der Waals surface area (Å²) in [6, 6.07) is 0. The lowest BCUT2D eigenvalue weighted by molar-refractivity contribution is -0.186. The molecule has 0 bridgehead atoms. The Kier molecular flexibility index (Phi) is 2.51. The number of allylic oxidation sites excluding steroid dienone is 2. The molecule has 2 unspecified atom stereocenters. The molecule has 0 aromatic rings. The molecule has 0 saturated carbocycles. The van der Waals surface area contributed by atoms with Crippen molar-refractivity contribution in [2.45, 2.75) is 44.0 Å². The van der Waals surface area contributed by atoms with Crippen LogP contribution in [0, 0.1) is 0 Å². The molecule has 0 aliphatic heterocycles. The third-order valence-electron chi connectivity index (χ3n) is 2.61. The molecular weight excluding hydrogens is 164 g/mol. The zero-order valence-electron chi connectivity index (χ0n) is 7.78. The van der Waals surface area contributed by atoms with Crippen LogP contribution in [0.3, 0.4) is 0 Å². The first-order chi connectivity index (χ1) is 6.29. The van der Waals surface area contributed by atoms with Crippen LogP contribution in [0.5, 0.6) is 0 Å². The Hall–Kier alpha value is -0.600. The lowest BCUT2D eigenvalue weighted by atomic mass is 10.0. The molecule has 0 fully saturated rings. The first-order valence-electron chi connectivity index (χ1n) is 5.03. The highest BCUT2D eigenvalue weighted by Gasteiger charge is 2.30. The SMILES string of the molecule is OC1(OC2C=CCCC2)C=CCC1. The summed E-state index contributed by atoms with van der Waals surface area (Å²) in [5.41, 5.74) is 0. The highest BCUT2D eigenvalue weighted by molar-refractivity contribution is 5.05. The summed E-state index contributed by atoms with van der Waals surface area (Å²) in [5.74, 6) is -0.980. The van der Waals surface area contributed by atoms with Gasteiger partial charge in [0.2, 0.25) is 0 Å². The first-order valence-corrected chi connectivity index (χ1v) is 5.03. The van der Waals surface area contributed by atoms with Gasteiger partial charge in [-0.15, -0.1) is 0 Å². The Balaban J connectivity index is 1.92. The molecule has 2 rings (SSSR count). The summed E-state index contributed by atoms with van der Waals surface area (Å²) < 4.78 is 5.62. The molecule has 0 amide bonds. The van der Waals surface area contributed by atoms with Crippen molar-refractivity contribution in [2.24, 2.45) is 0 Å². The number of ether oxygens (including phenoxy) is 1. The maximum Gasteiger partial charge on any atom is 0.186 e. The van der Waals surface area contributed by atoms with Gasteiger partial charge in [-0.3, -0.25) is 0 Å². The van der Waals surface area contributed by atoms with E-state index in [0.717, 1.165) is 19.3 Å². The fraction of sp³-hybridized carbons (Fsp3) is 0.636. The predicted molar refractivity (Wildman–Crippen MR) is 51.2 cm³/mol. The molecule has 0 heterocycles. The molecule has 0 aromatic carbocycles. The smallest absolute Gasteiger partial charge is 0.186 e. The fourth-order valence-corrected chi connectivity index (χ4v) is 1.88. The molecule has 2 heteroatoms. The zero-order valence-corrected chi connectivity index (χ0v) is 7.78. The van der Waals surface area contributed by atoms with Gasteiger partial charge in [-0.05, 0) is 31.8 Å². The number of aliphatic hydroxyl groups is 1. The van der Waals surface area contributed by atoms with Crippen LogP contribution < -0.4 is 0 Å². The van der Waals surface area contributed by atoms with Crippen molar-refractivity contribution in [1.29, 1.82) is 0 Å². The molecule has 72 valence electrons. The van der Waals surface area contributed by atoms with E-state index in [1.165, 1.54) is 6.42 Å². The van der Waals surface area contributed by atoms with Crippen molar-refractivity contribution in [2.75, 3.05) is 0 Å². The van der Waals surface area contributed by atoms with E-state index in [0.29, 0.717) is 6.42 Å². The van der Waals surface area contributed by atoms with Gasteiger partial charge in [0.05, 0.1) is 6.10 Å². The second-order valence-electron chi connectivity index (χ2n) is 3.80. The molecule has 2 nitrogen and oxygen atoms in total. The Morgan fingerprint density at radius 3 is 2.85 bits per heavy atom. The van der Waals surface area contributed by atoms with Crippen molar-refractivity contribution in [3.8, 4) is 0 Å². The van der Waals surface area contributed by atoms with Crippen molar-refractivity contribution in [3.63, 3.8) is 0 Å². The Bertz CT molecular complexity index is 232. The van der Waals surface area contributed by atoms with E-state index in [1.54, 1.807) is 6.08 Å². The topological polar surface area (TPSA) is 29.5 Å². The minimum absolute atomic E-state index is 0.112. The predicted octanol–water partition coefficient (Wildman–Crippen LogP) is 2.15. The second kappa shape index (κ2) is 3.64. The maximum atomic E-state index is 9.90. The third kappa shape index (κ3) is 2.20. The van der Waals surface area contributed by atoms with Gasteiger partial charge in [-0.25, -0.2) is 0 Å². The molecule has 0 saturated heterocycles. The minimum atomic E-state index is -0.980. The normalized spacial score (nSPS) is 38.4. The van der Waals surface area contributed by atoms with Crippen molar-refractivity contribution in [1.82, 2.24) is 0 Å². The van der Waals surface area contributed by atoms with Crippen LogP contribution in [0.25, 0.3) is 0 Å². The summed E-state index contributed by atoms with van der Waals surface area (Å²) in [5, 5.41) is 9.90. The highest BCUT2D eigenvalue weighted by Crippen LogP contribution is 2.27. The summed E-state index contributed by atoms with van der Waals surface area (Å²) in [6.45, 7) is 0. The molecule has 0 spiro atoms. The third-order valence-corrected chi connectivity index (χ3v) is 2.61. The number of rotatable bonds is 2. The first kappa shape index (κ1) is 8.97. The Morgan fingerprint density at radius 2 is 2.23 bits per heavy atom. The van der Waals surface area contributed by atoms with Crippen molar-refractivity contribution >= 4 is 0 Å². The van der Waals surface area contributed by atoms with Crippen LogP contribution in [0.2, 0.25) is 0 Å². The van der Waals surface area contributed by atoms with Crippen LogP contribution in [-0.2, 0) is 4.74 Å². The lowest BCUT2D eigenvalue weighted by Gasteiger charge is -2.27. The van der Waals surface area contributed by atoms with Crippen LogP contribution in [0.1, 0.15) is 32.1 Å². The van der Waals surface area contributed by atoms with Gasteiger partial charge in [-0.2, -0.15) is 0 Å². The summed E-state index contributed by atoms with van der Waals surface area (Å²) in [7, 11) is 0. The fourth-order valence-electron chi connectivity index (χ4n) is 1.88. The largest absolute Gasteiger partial charge is 0.362 e. The van der Waals surface area contributed by atoms with Gasteiger partial charge in [-0.1, -0.05) is 18.2 Å². The minimum Gasteiger partial charge on any atom is -0.362 e. The van der Waals surface area contributed by atoms with Gasteiger partial charge in [0.1, 0.15) is 0 Å². The standard InChI is InChI=1S/C11H16O2/c12-11(8-4-5-9-11)13-10-6-2-1-3-7-10/h2,4,6,8,10,12H,1,3,5,7,9H2. The van der Waals surface area contributed by atoms with E-state index in [1.807, 2.05) is 6.08 Å². The van der Waals surface area contributed by atoms with Crippen molar-refractivity contribution in [3.05, 3.63) is 24.3 Å². The van der Waals surface area contributed by atoms with E-state index < -0.39 is 5.79 Å². The van der Waals surface area contributed by atoms with E-state index in [4.69, 9.17) is 4.74 Å². The van der Waals surface area contributed by atoms with Crippen LogP contribution in [0.15, 0.2) is 24.3 Å². The monoisotopic (exact) mass is 180 g/mol. The Labute approximate surface area is 78.9 Å². The number of hydrogen-bond donors (Lipinski definition) is 1. The second-order valence-corrected chi connectivity index (χ2v) is 3.80. The average molecular weight is 180 g/mol. The summed E-state index contributed by atoms with van der Waals surface area (Å²) in [6.07, 6.45) is 13.0. The molecule has 1 N–H and O–H groups in total. The van der Waals surface area contributed by atoms with Gasteiger partial charge in [0.25, 0.3) is 0 Å². The maximum absolute atomic E-state index is 9.90. The van der Waals surface area contributed by atoms with Gasteiger partial charge in [0.15, 0.2) is 5.79 Å². The summed E-state index contributed by atoms with van der Waals surface area (Å²) in [4.78, 5) is 0. The lowest BCUT2D eigenvalue weighted by Crippen LogP contribution is -2.32. The molecular formula is C11H16O2. The number of hydrogen-bond acceptors (Lipinski definition) is 2. The molecule has 2 aliphatic carbocycles. The quantitative estimate of drug-likeness (QED) is 0.521. The van der Waals surface area contributed by atoms with E-state index in [9.17, 15) is 5.11 Å². The van der Waals surface area contributed by atoms with Crippen LogP contribution >= 0.6 is 0 Å². The van der Waals surface area contributed by atoms with Gasteiger partial charge >= 0.3 is 0 Å². The zero-order chi connectivity index (χ0) is 9.15. The average Bonchev–Trinajstić information content (AvgIpc) is 2.54.